The molecule has 1 N–H and O–H groups in total. The van der Waals surface area contributed by atoms with E-state index in [4.69, 9.17) is 0 Å². The summed E-state index contributed by atoms with van der Waals surface area (Å²) < 4.78 is 2.49. The van der Waals surface area contributed by atoms with Gasteiger partial charge in [-0.1, -0.05) is 18.2 Å². The zero-order valence-electron chi connectivity index (χ0n) is 10.5. The molecule has 0 aliphatic carbocycles. The van der Waals surface area contributed by atoms with Crippen molar-refractivity contribution in [2.24, 2.45) is 0 Å². The fourth-order valence-corrected chi connectivity index (χ4v) is 2.52. The molecular formula is C15H12BrN3O. The zero-order chi connectivity index (χ0) is 13.9. The lowest BCUT2D eigenvalue weighted by molar-refractivity contribution is 0.206. The number of pyridine rings is 1. The van der Waals surface area contributed by atoms with Crippen LogP contribution in [0.25, 0.3) is 5.69 Å². The monoisotopic (exact) mass is 329 g/mol. The smallest absolute Gasteiger partial charge is 0.139 e. The number of aliphatic hydroxyl groups excluding tert-OH is 1. The molecular weight excluding hydrogens is 318 g/mol. The van der Waals surface area contributed by atoms with Crippen molar-refractivity contribution in [1.29, 1.82) is 0 Å². The first-order valence-electron chi connectivity index (χ1n) is 6.15. The van der Waals surface area contributed by atoms with Crippen LogP contribution in [0.3, 0.4) is 0 Å². The van der Waals surface area contributed by atoms with E-state index < -0.39 is 6.10 Å². The van der Waals surface area contributed by atoms with E-state index in [2.05, 4.69) is 26.0 Å². The van der Waals surface area contributed by atoms with Crippen LogP contribution in [0.4, 0.5) is 0 Å². The molecule has 0 radical (unpaired) electrons. The molecule has 1 aromatic carbocycles. The van der Waals surface area contributed by atoms with E-state index in [0.29, 0.717) is 11.4 Å². The molecule has 2 aromatic heterocycles. The van der Waals surface area contributed by atoms with E-state index in [1.54, 1.807) is 23.1 Å². The fourth-order valence-electron chi connectivity index (χ4n) is 2.04. The molecule has 0 saturated heterocycles. The molecule has 0 aliphatic heterocycles. The number of para-hydroxylation sites is 1. The summed E-state index contributed by atoms with van der Waals surface area (Å²) in [4.78, 5) is 4.23. The first-order valence-corrected chi connectivity index (χ1v) is 6.94. The van der Waals surface area contributed by atoms with E-state index in [1.807, 2.05) is 42.5 Å². The summed E-state index contributed by atoms with van der Waals surface area (Å²) >= 11 is 3.41. The summed E-state index contributed by atoms with van der Waals surface area (Å²) in [6.45, 7) is 0. The maximum atomic E-state index is 10.6. The largest absolute Gasteiger partial charge is 0.380 e. The molecule has 2 heterocycles. The van der Waals surface area contributed by atoms with Crippen LogP contribution in [0.5, 0.6) is 0 Å². The van der Waals surface area contributed by atoms with Gasteiger partial charge in [0.25, 0.3) is 0 Å². The molecule has 1 atom stereocenters. The molecule has 0 amide bonds. The normalized spacial score (nSPS) is 12.3. The average Bonchev–Trinajstić information content (AvgIpc) is 2.97. The van der Waals surface area contributed by atoms with E-state index in [-0.39, 0.29) is 0 Å². The minimum absolute atomic E-state index is 0.574. The summed E-state index contributed by atoms with van der Waals surface area (Å²) in [5.41, 5.74) is 2.15. The van der Waals surface area contributed by atoms with Crippen LogP contribution < -0.4 is 0 Å². The van der Waals surface area contributed by atoms with Gasteiger partial charge in [0.2, 0.25) is 0 Å². The summed E-state index contributed by atoms with van der Waals surface area (Å²) in [6, 6.07) is 15.2. The van der Waals surface area contributed by atoms with E-state index in [0.717, 1.165) is 10.2 Å². The van der Waals surface area contributed by atoms with Crippen molar-refractivity contribution in [2.45, 2.75) is 6.10 Å². The number of benzene rings is 1. The Hall–Kier alpha value is -1.98. The second-order valence-electron chi connectivity index (χ2n) is 4.28. The number of aromatic nitrogens is 3. The standard InChI is InChI=1S/C15H12BrN3O/c16-12-7-4-9-17-14(12)15(20)13-8-10-18-19(13)11-5-2-1-3-6-11/h1-10,15,20H. The molecule has 0 aliphatic rings. The van der Waals surface area contributed by atoms with Gasteiger partial charge in [-0.25, -0.2) is 4.68 Å². The van der Waals surface area contributed by atoms with Crippen molar-refractivity contribution in [3.63, 3.8) is 0 Å². The van der Waals surface area contributed by atoms with Gasteiger partial charge in [-0.2, -0.15) is 5.10 Å². The van der Waals surface area contributed by atoms with Gasteiger partial charge >= 0.3 is 0 Å². The Balaban J connectivity index is 2.04. The predicted molar refractivity (Wildman–Crippen MR) is 79.6 cm³/mol. The topological polar surface area (TPSA) is 50.9 Å². The molecule has 100 valence electrons. The van der Waals surface area contributed by atoms with Crippen LogP contribution in [0, 0.1) is 0 Å². The van der Waals surface area contributed by atoms with E-state index >= 15 is 0 Å². The van der Waals surface area contributed by atoms with Gasteiger partial charge in [0.1, 0.15) is 6.10 Å². The van der Waals surface area contributed by atoms with Gasteiger partial charge < -0.3 is 5.11 Å². The van der Waals surface area contributed by atoms with Gasteiger partial charge in [0.15, 0.2) is 0 Å². The molecule has 0 saturated carbocycles. The zero-order valence-corrected chi connectivity index (χ0v) is 12.1. The second kappa shape index (κ2) is 5.56. The summed E-state index contributed by atoms with van der Waals surface area (Å²) in [7, 11) is 0. The van der Waals surface area contributed by atoms with Gasteiger partial charge in [0.05, 0.1) is 17.1 Å². The summed E-state index contributed by atoms with van der Waals surface area (Å²) in [5, 5.41) is 14.8. The average molecular weight is 330 g/mol. The van der Waals surface area contributed by atoms with Crippen LogP contribution in [-0.4, -0.2) is 19.9 Å². The van der Waals surface area contributed by atoms with Crippen molar-refractivity contribution in [2.75, 3.05) is 0 Å². The van der Waals surface area contributed by atoms with Crippen LogP contribution >= 0.6 is 15.9 Å². The minimum atomic E-state index is -0.840. The molecule has 0 bridgehead atoms. The number of rotatable bonds is 3. The lowest BCUT2D eigenvalue weighted by atomic mass is 10.1. The maximum Gasteiger partial charge on any atom is 0.139 e. The van der Waals surface area contributed by atoms with Crippen LogP contribution in [-0.2, 0) is 0 Å². The molecule has 3 rings (SSSR count). The quantitative estimate of drug-likeness (QED) is 0.803. The first kappa shape index (κ1) is 13.0. The van der Waals surface area contributed by atoms with Gasteiger partial charge in [-0.3, -0.25) is 4.98 Å². The SMILES string of the molecule is OC(c1ncccc1Br)c1ccnn1-c1ccccc1. The number of hydrogen-bond donors (Lipinski definition) is 1. The Labute approximate surface area is 124 Å². The molecule has 5 heteroatoms. The third kappa shape index (κ3) is 2.37. The second-order valence-corrected chi connectivity index (χ2v) is 5.13. The third-order valence-corrected chi connectivity index (χ3v) is 3.67. The van der Waals surface area contributed by atoms with E-state index in [1.165, 1.54) is 0 Å². The Morgan fingerprint density at radius 2 is 1.80 bits per heavy atom. The van der Waals surface area contributed by atoms with Crippen molar-refractivity contribution in [3.8, 4) is 5.69 Å². The van der Waals surface area contributed by atoms with Crippen LogP contribution in [0.2, 0.25) is 0 Å². The van der Waals surface area contributed by atoms with Crippen molar-refractivity contribution >= 4 is 15.9 Å². The van der Waals surface area contributed by atoms with Crippen molar-refractivity contribution < 1.29 is 5.11 Å². The highest BCUT2D eigenvalue weighted by molar-refractivity contribution is 9.10. The van der Waals surface area contributed by atoms with E-state index in [9.17, 15) is 5.11 Å². The maximum absolute atomic E-state index is 10.6. The Morgan fingerprint density at radius 3 is 2.55 bits per heavy atom. The molecule has 3 aromatic rings. The van der Waals surface area contributed by atoms with Crippen LogP contribution in [0.1, 0.15) is 17.5 Å². The van der Waals surface area contributed by atoms with Gasteiger partial charge in [-0.15, -0.1) is 0 Å². The van der Waals surface area contributed by atoms with Gasteiger partial charge in [0, 0.05) is 16.9 Å². The molecule has 0 spiro atoms. The molecule has 20 heavy (non-hydrogen) atoms. The lowest BCUT2D eigenvalue weighted by Crippen LogP contribution is -2.10. The third-order valence-electron chi connectivity index (χ3n) is 3.00. The summed E-state index contributed by atoms with van der Waals surface area (Å²) in [6.07, 6.45) is 2.49. The Kier molecular flexibility index (Phi) is 3.62. The minimum Gasteiger partial charge on any atom is -0.380 e. The number of nitrogens with zero attached hydrogens (tertiary/aromatic N) is 3. The number of halogens is 1. The highest BCUT2D eigenvalue weighted by Gasteiger charge is 2.19. The summed E-state index contributed by atoms with van der Waals surface area (Å²) in [5.74, 6) is 0. The molecule has 1 unspecified atom stereocenters. The van der Waals surface area contributed by atoms with Gasteiger partial charge in [-0.05, 0) is 46.3 Å². The Bertz CT molecular complexity index is 712. The van der Waals surface area contributed by atoms with Crippen molar-refractivity contribution in [3.05, 3.63) is 76.8 Å². The number of aliphatic hydroxyl groups is 1. The molecule has 4 nitrogen and oxygen atoms in total. The Morgan fingerprint density at radius 1 is 1.00 bits per heavy atom. The highest BCUT2D eigenvalue weighted by Crippen LogP contribution is 2.27. The lowest BCUT2D eigenvalue weighted by Gasteiger charge is -2.14. The molecule has 0 fully saturated rings. The first-order chi connectivity index (χ1) is 9.77. The van der Waals surface area contributed by atoms with Crippen molar-refractivity contribution in [1.82, 2.24) is 14.8 Å². The predicted octanol–water partition coefficient (Wildman–Crippen LogP) is 3.11. The highest BCUT2D eigenvalue weighted by atomic mass is 79.9. The van der Waals surface area contributed by atoms with Crippen LogP contribution in [0.15, 0.2) is 65.4 Å². The fraction of sp³-hybridized carbons (Fsp3) is 0.0667. The number of hydrogen-bond acceptors (Lipinski definition) is 3.